The molecule has 1 aromatic rings. The molecule has 2 rings (SSSR count). The summed E-state index contributed by atoms with van der Waals surface area (Å²) in [5.41, 5.74) is 7.08. The van der Waals surface area contributed by atoms with Gasteiger partial charge in [-0.2, -0.15) is 0 Å². The highest BCUT2D eigenvalue weighted by Gasteiger charge is 2.56. The van der Waals surface area contributed by atoms with E-state index < -0.39 is 0 Å². The van der Waals surface area contributed by atoms with Crippen LogP contribution in [0.25, 0.3) is 0 Å². The first kappa shape index (κ1) is 9.94. The van der Waals surface area contributed by atoms with Crippen molar-refractivity contribution >= 4 is 11.6 Å². The highest BCUT2D eigenvalue weighted by atomic mass is 35.5. The van der Waals surface area contributed by atoms with E-state index in [9.17, 15) is 4.39 Å². The van der Waals surface area contributed by atoms with Gasteiger partial charge in [-0.25, -0.2) is 4.39 Å². The zero-order chi connectivity index (χ0) is 10.5. The van der Waals surface area contributed by atoms with Gasteiger partial charge in [0, 0.05) is 12.0 Å². The Morgan fingerprint density at radius 1 is 1.43 bits per heavy atom. The molecule has 1 fully saturated rings. The molecule has 1 saturated carbocycles. The molecular weight excluding hydrogens is 201 g/mol. The third-order valence-corrected chi connectivity index (χ3v) is 3.50. The van der Waals surface area contributed by atoms with Crippen LogP contribution in [0.1, 0.15) is 25.3 Å². The molecule has 0 aliphatic heterocycles. The molecule has 76 valence electrons. The van der Waals surface area contributed by atoms with Gasteiger partial charge in [0.2, 0.25) is 0 Å². The van der Waals surface area contributed by atoms with Crippen molar-refractivity contribution in [2.45, 2.75) is 25.8 Å². The van der Waals surface area contributed by atoms with Crippen LogP contribution in [0.15, 0.2) is 18.2 Å². The van der Waals surface area contributed by atoms with E-state index in [0.717, 1.165) is 5.56 Å². The van der Waals surface area contributed by atoms with Crippen LogP contribution in [-0.2, 0) is 0 Å². The fourth-order valence-corrected chi connectivity index (χ4v) is 2.21. The highest BCUT2D eigenvalue weighted by Crippen LogP contribution is 2.57. The average molecular weight is 214 g/mol. The van der Waals surface area contributed by atoms with E-state index in [-0.39, 0.29) is 22.3 Å². The van der Waals surface area contributed by atoms with Gasteiger partial charge in [-0.1, -0.05) is 31.5 Å². The zero-order valence-corrected chi connectivity index (χ0v) is 8.98. The monoisotopic (exact) mass is 213 g/mol. The first-order valence-electron chi connectivity index (χ1n) is 4.65. The van der Waals surface area contributed by atoms with Crippen LogP contribution in [0, 0.1) is 11.2 Å². The Hall–Kier alpha value is -0.600. The quantitative estimate of drug-likeness (QED) is 0.763. The Labute approximate surface area is 88.1 Å². The molecule has 3 heteroatoms. The van der Waals surface area contributed by atoms with E-state index in [1.54, 1.807) is 12.1 Å². The second-order valence-corrected chi connectivity index (χ2v) is 4.91. The summed E-state index contributed by atoms with van der Waals surface area (Å²) >= 11 is 5.71. The number of benzene rings is 1. The lowest BCUT2D eigenvalue weighted by Gasteiger charge is -2.03. The fraction of sp³-hybridized carbons (Fsp3) is 0.455. The van der Waals surface area contributed by atoms with Gasteiger partial charge >= 0.3 is 0 Å². The number of hydrogen-bond donors (Lipinski definition) is 1. The van der Waals surface area contributed by atoms with E-state index in [1.807, 2.05) is 0 Å². The van der Waals surface area contributed by atoms with Gasteiger partial charge in [-0.15, -0.1) is 0 Å². The lowest BCUT2D eigenvalue weighted by molar-refractivity contribution is 0.597. The Bertz CT molecular complexity index is 376. The lowest BCUT2D eigenvalue weighted by Crippen LogP contribution is -2.06. The standard InChI is InChI=1S/C11H13ClFN/c1-11(2)9(10(11)14)6-3-4-8(13)7(12)5-6/h3-5,9-10H,14H2,1-2H3/t9-,10-/m1/s1. The number of rotatable bonds is 1. The molecule has 0 unspecified atom stereocenters. The predicted molar refractivity (Wildman–Crippen MR) is 55.9 cm³/mol. The van der Waals surface area contributed by atoms with Crippen molar-refractivity contribution in [2.24, 2.45) is 11.1 Å². The van der Waals surface area contributed by atoms with Gasteiger partial charge in [0.15, 0.2) is 0 Å². The Kier molecular flexibility index (Phi) is 2.09. The van der Waals surface area contributed by atoms with E-state index >= 15 is 0 Å². The van der Waals surface area contributed by atoms with Gasteiger partial charge in [0.25, 0.3) is 0 Å². The minimum Gasteiger partial charge on any atom is -0.327 e. The van der Waals surface area contributed by atoms with Gasteiger partial charge in [-0.05, 0) is 23.1 Å². The molecule has 0 aromatic heterocycles. The smallest absolute Gasteiger partial charge is 0.141 e. The topological polar surface area (TPSA) is 26.0 Å². The molecule has 1 aliphatic carbocycles. The fourth-order valence-electron chi connectivity index (χ4n) is 2.02. The summed E-state index contributed by atoms with van der Waals surface area (Å²) < 4.78 is 12.9. The van der Waals surface area contributed by atoms with Crippen LogP contribution in [0.2, 0.25) is 5.02 Å². The second kappa shape index (κ2) is 2.94. The normalized spacial score (nSPS) is 28.9. The van der Waals surface area contributed by atoms with E-state index in [0.29, 0.717) is 5.92 Å². The molecule has 0 bridgehead atoms. The molecule has 14 heavy (non-hydrogen) atoms. The third-order valence-electron chi connectivity index (χ3n) is 3.21. The van der Waals surface area contributed by atoms with Crippen LogP contribution in [0.4, 0.5) is 4.39 Å². The Morgan fingerprint density at radius 3 is 2.43 bits per heavy atom. The van der Waals surface area contributed by atoms with Crippen molar-refractivity contribution < 1.29 is 4.39 Å². The van der Waals surface area contributed by atoms with Crippen LogP contribution in [-0.4, -0.2) is 6.04 Å². The zero-order valence-electron chi connectivity index (χ0n) is 8.22. The molecule has 2 N–H and O–H groups in total. The summed E-state index contributed by atoms with van der Waals surface area (Å²) in [6, 6.07) is 5.00. The van der Waals surface area contributed by atoms with Crippen LogP contribution in [0.3, 0.4) is 0 Å². The van der Waals surface area contributed by atoms with Crippen LogP contribution < -0.4 is 5.73 Å². The Morgan fingerprint density at radius 2 is 2.00 bits per heavy atom. The molecular formula is C11H13ClFN. The SMILES string of the molecule is CC1(C)[C@H](N)[C@H]1c1ccc(F)c(Cl)c1. The van der Waals surface area contributed by atoms with Crippen LogP contribution >= 0.6 is 11.6 Å². The summed E-state index contributed by atoms with van der Waals surface area (Å²) in [6.07, 6.45) is 0. The summed E-state index contributed by atoms with van der Waals surface area (Å²) in [4.78, 5) is 0. The first-order chi connectivity index (χ1) is 6.44. The molecule has 0 radical (unpaired) electrons. The van der Waals surface area contributed by atoms with Crippen molar-refractivity contribution in [1.29, 1.82) is 0 Å². The maximum atomic E-state index is 12.9. The number of hydrogen-bond acceptors (Lipinski definition) is 1. The minimum absolute atomic E-state index is 0.112. The Balaban J connectivity index is 2.32. The summed E-state index contributed by atoms with van der Waals surface area (Å²) in [5, 5.41) is 0.178. The minimum atomic E-state index is -0.373. The molecule has 1 aromatic carbocycles. The maximum absolute atomic E-state index is 12.9. The molecule has 0 heterocycles. The second-order valence-electron chi connectivity index (χ2n) is 4.50. The largest absolute Gasteiger partial charge is 0.327 e. The first-order valence-corrected chi connectivity index (χ1v) is 5.03. The van der Waals surface area contributed by atoms with E-state index in [2.05, 4.69) is 13.8 Å². The summed E-state index contributed by atoms with van der Waals surface area (Å²) in [7, 11) is 0. The molecule has 1 aliphatic rings. The van der Waals surface area contributed by atoms with Gasteiger partial charge in [-0.3, -0.25) is 0 Å². The average Bonchev–Trinajstić information content (AvgIpc) is 2.58. The maximum Gasteiger partial charge on any atom is 0.141 e. The van der Waals surface area contributed by atoms with E-state index in [4.69, 9.17) is 17.3 Å². The van der Waals surface area contributed by atoms with Crippen molar-refractivity contribution in [3.63, 3.8) is 0 Å². The molecule has 2 atom stereocenters. The molecule has 0 amide bonds. The molecule has 0 spiro atoms. The number of halogens is 2. The van der Waals surface area contributed by atoms with Gasteiger partial charge in [0.05, 0.1) is 5.02 Å². The van der Waals surface area contributed by atoms with Gasteiger partial charge < -0.3 is 5.73 Å². The molecule has 0 saturated heterocycles. The van der Waals surface area contributed by atoms with Crippen LogP contribution in [0.5, 0.6) is 0 Å². The summed E-state index contributed by atoms with van der Waals surface area (Å²) in [6.45, 7) is 4.22. The highest BCUT2D eigenvalue weighted by molar-refractivity contribution is 6.30. The van der Waals surface area contributed by atoms with Crippen molar-refractivity contribution in [3.05, 3.63) is 34.6 Å². The van der Waals surface area contributed by atoms with Crippen molar-refractivity contribution in [3.8, 4) is 0 Å². The van der Waals surface area contributed by atoms with E-state index in [1.165, 1.54) is 6.07 Å². The van der Waals surface area contributed by atoms with Gasteiger partial charge in [0.1, 0.15) is 5.82 Å². The summed E-state index contributed by atoms with van der Waals surface area (Å²) in [5.74, 6) is -0.0666. The van der Waals surface area contributed by atoms with Crippen molar-refractivity contribution in [1.82, 2.24) is 0 Å². The molecule has 1 nitrogen and oxygen atoms in total. The predicted octanol–water partition coefficient (Wildman–Crippen LogP) is 2.93. The lowest BCUT2D eigenvalue weighted by atomic mass is 10.0. The third kappa shape index (κ3) is 1.33. The van der Waals surface area contributed by atoms with Crippen molar-refractivity contribution in [2.75, 3.05) is 0 Å². The number of nitrogens with two attached hydrogens (primary N) is 1.